The maximum atomic E-state index is 12.3. The smallest absolute Gasteiger partial charge is 0.313 e. The molecule has 20 heavy (non-hydrogen) atoms. The van der Waals surface area contributed by atoms with Crippen LogP contribution in [-0.2, 0) is 19.4 Å². The van der Waals surface area contributed by atoms with Crippen LogP contribution in [0.5, 0.6) is 0 Å². The number of fused-ring (bicyclic) bond motifs is 1. The highest BCUT2D eigenvalue weighted by Crippen LogP contribution is 2.52. The van der Waals surface area contributed by atoms with Crippen molar-refractivity contribution in [3.8, 4) is 0 Å². The predicted octanol–water partition coefficient (Wildman–Crippen LogP) is 1.44. The molecule has 3 unspecified atom stereocenters. The highest BCUT2D eigenvalue weighted by Gasteiger charge is 2.58. The minimum absolute atomic E-state index is 0.146. The van der Waals surface area contributed by atoms with Gasteiger partial charge in [-0.1, -0.05) is 18.2 Å². The van der Waals surface area contributed by atoms with Gasteiger partial charge in [-0.25, -0.2) is 8.42 Å². The van der Waals surface area contributed by atoms with Crippen LogP contribution in [0.1, 0.15) is 24.8 Å². The van der Waals surface area contributed by atoms with Crippen LogP contribution in [0.25, 0.3) is 0 Å². The van der Waals surface area contributed by atoms with E-state index in [9.17, 15) is 18.3 Å². The average molecular weight is 296 g/mol. The van der Waals surface area contributed by atoms with Crippen molar-refractivity contribution in [2.45, 2.75) is 30.3 Å². The molecule has 2 aliphatic rings. The molecule has 2 heterocycles. The van der Waals surface area contributed by atoms with Gasteiger partial charge in [0, 0.05) is 12.5 Å². The number of carboxylic acid groups (broad SMARTS) is 1. The lowest BCUT2D eigenvalue weighted by atomic mass is 9.69. The van der Waals surface area contributed by atoms with Crippen molar-refractivity contribution >= 4 is 15.8 Å². The number of hydrogen-bond donors (Lipinski definition) is 1. The molecule has 1 fully saturated rings. The normalized spacial score (nSPS) is 34.9. The van der Waals surface area contributed by atoms with Crippen LogP contribution in [0.15, 0.2) is 29.2 Å². The van der Waals surface area contributed by atoms with E-state index in [-0.39, 0.29) is 10.6 Å². The number of sulfone groups is 1. The molecule has 6 heteroatoms. The molecule has 5 nitrogen and oxygen atoms in total. The first kappa shape index (κ1) is 13.6. The van der Waals surface area contributed by atoms with Gasteiger partial charge in [-0.15, -0.1) is 0 Å². The molecule has 2 aliphatic heterocycles. The Morgan fingerprint density at radius 2 is 2.10 bits per heavy atom. The Morgan fingerprint density at radius 1 is 1.40 bits per heavy atom. The largest absolute Gasteiger partial charge is 0.481 e. The molecule has 0 amide bonds. The first-order chi connectivity index (χ1) is 9.39. The van der Waals surface area contributed by atoms with E-state index in [0.29, 0.717) is 18.6 Å². The summed E-state index contributed by atoms with van der Waals surface area (Å²) in [6.45, 7) is 2.07. The van der Waals surface area contributed by atoms with Crippen molar-refractivity contribution < 1.29 is 23.1 Å². The van der Waals surface area contributed by atoms with Gasteiger partial charge in [-0.3, -0.25) is 4.79 Å². The molecule has 0 bridgehead atoms. The fourth-order valence-corrected chi connectivity index (χ4v) is 5.47. The third-order valence-electron chi connectivity index (χ3n) is 4.64. The summed E-state index contributed by atoms with van der Waals surface area (Å²) in [5.74, 6) is -1.66. The van der Waals surface area contributed by atoms with Gasteiger partial charge in [0.05, 0.1) is 16.8 Å². The fraction of sp³-hybridized carbons (Fsp3) is 0.500. The Balaban J connectivity index is 2.19. The van der Waals surface area contributed by atoms with Gasteiger partial charge in [0.25, 0.3) is 0 Å². The Hall–Kier alpha value is -1.40. The number of aliphatic carboxylic acids is 1. The molecule has 0 aliphatic carbocycles. The average Bonchev–Trinajstić information content (AvgIpc) is 2.90. The molecule has 1 saturated heterocycles. The lowest BCUT2D eigenvalue weighted by Crippen LogP contribution is -2.43. The lowest BCUT2D eigenvalue weighted by molar-refractivity contribution is -0.153. The Bertz CT molecular complexity index is 666. The molecular formula is C14H16O5S. The number of carbonyl (C=O) groups is 1. The van der Waals surface area contributed by atoms with E-state index in [2.05, 4.69) is 0 Å². The van der Waals surface area contributed by atoms with Gasteiger partial charge in [-0.2, -0.15) is 0 Å². The highest BCUT2D eigenvalue weighted by atomic mass is 32.2. The maximum absolute atomic E-state index is 12.3. The zero-order valence-corrected chi connectivity index (χ0v) is 11.9. The van der Waals surface area contributed by atoms with Gasteiger partial charge in [0.15, 0.2) is 9.84 Å². The summed E-state index contributed by atoms with van der Waals surface area (Å²) in [6, 6.07) is 6.70. The van der Waals surface area contributed by atoms with Gasteiger partial charge in [0.2, 0.25) is 0 Å². The van der Waals surface area contributed by atoms with Crippen molar-refractivity contribution in [3.63, 3.8) is 0 Å². The van der Waals surface area contributed by atoms with E-state index in [0.717, 1.165) is 0 Å². The lowest BCUT2D eigenvalue weighted by Gasteiger charge is -2.33. The predicted molar refractivity (Wildman–Crippen MR) is 71.3 cm³/mol. The van der Waals surface area contributed by atoms with Crippen molar-refractivity contribution in [1.82, 2.24) is 0 Å². The third-order valence-corrected chi connectivity index (χ3v) is 6.46. The van der Waals surface area contributed by atoms with Crippen LogP contribution >= 0.6 is 0 Å². The second-order valence-electron chi connectivity index (χ2n) is 5.48. The SMILES string of the molecule is CC1OCCC1(C(=O)O)C1CS(=O)(=O)c2ccccc21. The Morgan fingerprint density at radius 3 is 2.70 bits per heavy atom. The topological polar surface area (TPSA) is 80.7 Å². The molecule has 3 rings (SSSR count). The van der Waals surface area contributed by atoms with E-state index in [1.54, 1.807) is 31.2 Å². The number of rotatable bonds is 2. The highest BCUT2D eigenvalue weighted by molar-refractivity contribution is 7.91. The number of carboxylic acids is 1. The first-order valence-corrected chi connectivity index (χ1v) is 8.21. The molecule has 1 aromatic carbocycles. The van der Waals surface area contributed by atoms with Crippen molar-refractivity contribution in [2.75, 3.05) is 12.4 Å². The molecule has 0 spiro atoms. The van der Waals surface area contributed by atoms with E-state index < -0.39 is 33.2 Å². The van der Waals surface area contributed by atoms with Crippen LogP contribution in [-0.4, -0.2) is 38.0 Å². The zero-order valence-electron chi connectivity index (χ0n) is 11.1. The zero-order chi connectivity index (χ0) is 14.5. The van der Waals surface area contributed by atoms with Crippen LogP contribution in [0, 0.1) is 5.41 Å². The van der Waals surface area contributed by atoms with Gasteiger partial charge >= 0.3 is 5.97 Å². The first-order valence-electron chi connectivity index (χ1n) is 6.56. The van der Waals surface area contributed by atoms with E-state index in [4.69, 9.17) is 4.74 Å². The van der Waals surface area contributed by atoms with E-state index in [1.807, 2.05) is 0 Å². The molecule has 3 atom stereocenters. The molecule has 0 aromatic heterocycles. The summed E-state index contributed by atoms with van der Waals surface area (Å²) >= 11 is 0. The quantitative estimate of drug-likeness (QED) is 0.893. The number of benzene rings is 1. The van der Waals surface area contributed by atoms with E-state index in [1.165, 1.54) is 0 Å². The Kier molecular flexibility index (Phi) is 2.92. The molecule has 0 radical (unpaired) electrons. The van der Waals surface area contributed by atoms with Crippen molar-refractivity contribution in [1.29, 1.82) is 0 Å². The maximum Gasteiger partial charge on any atom is 0.313 e. The second-order valence-corrected chi connectivity index (χ2v) is 7.48. The standard InChI is InChI=1S/C14H16O5S/c1-9-14(13(15)16,6-7-19-9)11-8-20(17,18)12-5-3-2-4-10(11)12/h2-5,9,11H,6-8H2,1H3,(H,15,16). The van der Waals surface area contributed by atoms with Gasteiger partial charge in [-0.05, 0) is 25.0 Å². The molecule has 1 aromatic rings. The van der Waals surface area contributed by atoms with Crippen molar-refractivity contribution in [2.24, 2.45) is 5.41 Å². The van der Waals surface area contributed by atoms with Crippen LogP contribution in [0.2, 0.25) is 0 Å². The summed E-state index contributed by atoms with van der Waals surface area (Å²) in [7, 11) is -3.41. The molecule has 1 N–H and O–H groups in total. The van der Waals surface area contributed by atoms with E-state index >= 15 is 0 Å². The molecule has 0 saturated carbocycles. The number of ether oxygens (including phenoxy) is 1. The van der Waals surface area contributed by atoms with Gasteiger partial charge < -0.3 is 9.84 Å². The molecular weight excluding hydrogens is 280 g/mol. The summed E-state index contributed by atoms with van der Waals surface area (Å²) in [5.41, 5.74) is -0.535. The van der Waals surface area contributed by atoms with Crippen LogP contribution < -0.4 is 0 Å². The summed E-state index contributed by atoms with van der Waals surface area (Å²) in [6.07, 6.45) is -0.149. The number of hydrogen-bond acceptors (Lipinski definition) is 4. The van der Waals surface area contributed by atoms with Crippen LogP contribution in [0.3, 0.4) is 0 Å². The summed E-state index contributed by atoms with van der Waals surface area (Å²) in [5, 5.41) is 9.72. The Labute approximate surface area is 117 Å². The minimum Gasteiger partial charge on any atom is -0.481 e. The fourth-order valence-electron chi connectivity index (χ4n) is 3.52. The monoisotopic (exact) mass is 296 g/mol. The van der Waals surface area contributed by atoms with Crippen molar-refractivity contribution in [3.05, 3.63) is 29.8 Å². The third kappa shape index (κ3) is 1.64. The van der Waals surface area contributed by atoms with Gasteiger partial charge in [0.1, 0.15) is 5.41 Å². The second kappa shape index (κ2) is 4.30. The summed E-state index contributed by atoms with van der Waals surface area (Å²) < 4.78 is 30.0. The summed E-state index contributed by atoms with van der Waals surface area (Å²) in [4.78, 5) is 12.1. The molecule has 108 valence electrons. The minimum atomic E-state index is -3.41. The van der Waals surface area contributed by atoms with Crippen LogP contribution in [0.4, 0.5) is 0 Å².